The summed E-state index contributed by atoms with van der Waals surface area (Å²) in [5.41, 5.74) is 1.33. The average Bonchev–Trinajstić information content (AvgIpc) is 2.85. The number of alkyl halides is 1. The van der Waals surface area contributed by atoms with E-state index in [-0.39, 0.29) is 17.8 Å². The van der Waals surface area contributed by atoms with Crippen LogP contribution in [0, 0.1) is 0 Å². The Morgan fingerprint density at radius 1 is 1.48 bits per heavy atom. The highest BCUT2D eigenvalue weighted by atomic mass is 35.5. The molecule has 1 aromatic rings. The molecule has 0 atom stereocenters. The van der Waals surface area contributed by atoms with Crippen molar-refractivity contribution in [2.75, 3.05) is 19.5 Å². The van der Waals surface area contributed by atoms with Crippen LogP contribution in [0.2, 0.25) is 0 Å². The lowest BCUT2D eigenvalue weighted by Crippen LogP contribution is -2.32. The van der Waals surface area contributed by atoms with E-state index < -0.39 is 0 Å². The molecule has 0 aliphatic heterocycles. The van der Waals surface area contributed by atoms with Crippen molar-refractivity contribution in [1.82, 2.24) is 9.47 Å². The molecule has 0 bridgehead atoms. The largest absolute Gasteiger partial charge is 0.465 e. The molecule has 0 unspecified atom stereocenters. The van der Waals surface area contributed by atoms with Crippen molar-refractivity contribution in [2.24, 2.45) is 7.05 Å². The van der Waals surface area contributed by atoms with Crippen molar-refractivity contribution in [2.45, 2.75) is 19.9 Å². The van der Waals surface area contributed by atoms with Crippen molar-refractivity contribution >= 4 is 23.5 Å². The molecule has 0 fully saturated rings. The number of aryl methyl sites for hydroxylation is 1. The average molecular weight is 313 g/mol. The Morgan fingerprint density at radius 3 is 2.76 bits per heavy atom. The molecule has 1 aromatic heterocycles. The number of hydrogen-bond donors (Lipinski definition) is 0. The molecule has 0 spiro atoms. The highest BCUT2D eigenvalue weighted by Gasteiger charge is 2.16. The standard InChI is InChI=1S/C15H21ClN2O3/c1-4-5-6-7-18(14(19)9-16)11-13-8-12(10-17(13)2)15(20)21-3/h4-5,8,10H,6-7,9,11H2,1-3H3/b5-4+. The van der Waals surface area contributed by atoms with Gasteiger partial charge in [0.2, 0.25) is 5.91 Å². The number of carbonyl (C=O) groups is 2. The number of ether oxygens (including phenoxy) is 1. The Hall–Kier alpha value is -1.75. The first kappa shape index (κ1) is 17.3. The number of aromatic nitrogens is 1. The van der Waals surface area contributed by atoms with Gasteiger partial charge in [-0.15, -0.1) is 11.6 Å². The van der Waals surface area contributed by atoms with E-state index in [4.69, 9.17) is 16.3 Å². The van der Waals surface area contributed by atoms with Gasteiger partial charge in [-0.3, -0.25) is 4.79 Å². The molecule has 0 aliphatic rings. The molecule has 0 radical (unpaired) electrons. The van der Waals surface area contributed by atoms with Crippen LogP contribution in [-0.2, 0) is 23.1 Å². The summed E-state index contributed by atoms with van der Waals surface area (Å²) in [7, 11) is 3.17. The minimum absolute atomic E-state index is 0.0515. The summed E-state index contributed by atoms with van der Waals surface area (Å²) in [6.07, 6.45) is 6.41. The third-order valence-electron chi connectivity index (χ3n) is 3.15. The molecule has 1 rings (SSSR count). The van der Waals surface area contributed by atoms with Gasteiger partial charge in [0.1, 0.15) is 5.88 Å². The second-order valence-corrected chi connectivity index (χ2v) is 4.90. The summed E-state index contributed by atoms with van der Waals surface area (Å²) in [6.45, 7) is 2.94. The van der Waals surface area contributed by atoms with Gasteiger partial charge in [0.25, 0.3) is 0 Å². The third kappa shape index (κ3) is 4.93. The zero-order valence-electron chi connectivity index (χ0n) is 12.6. The van der Waals surface area contributed by atoms with Gasteiger partial charge in [0, 0.05) is 25.5 Å². The quantitative estimate of drug-likeness (QED) is 0.441. The van der Waals surface area contributed by atoms with E-state index >= 15 is 0 Å². The van der Waals surface area contributed by atoms with Crippen LogP contribution in [0.15, 0.2) is 24.4 Å². The van der Waals surface area contributed by atoms with E-state index in [0.29, 0.717) is 18.7 Å². The van der Waals surface area contributed by atoms with E-state index in [0.717, 1.165) is 12.1 Å². The molecule has 116 valence electrons. The number of carbonyl (C=O) groups excluding carboxylic acids is 2. The van der Waals surface area contributed by atoms with Gasteiger partial charge in [-0.25, -0.2) is 4.79 Å². The smallest absolute Gasteiger partial charge is 0.339 e. The van der Waals surface area contributed by atoms with Gasteiger partial charge in [-0.1, -0.05) is 12.2 Å². The molecule has 0 N–H and O–H groups in total. The van der Waals surface area contributed by atoms with Crippen LogP contribution >= 0.6 is 11.6 Å². The van der Waals surface area contributed by atoms with Crippen LogP contribution in [0.25, 0.3) is 0 Å². The maximum absolute atomic E-state index is 11.9. The molecule has 5 nitrogen and oxygen atoms in total. The van der Waals surface area contributed by atoms with Crippen molar-refractivity contribution in [1.29, 1.82) is 0 Å². The molecule has 0 aromatic carbocycles. The summed E-state index contributed by atoms with van der Waals surface area (Å²) in [6, 6.07) is 1.73. The Labute approximate surface area is 130 Å². The predicted molar refractivity (Wildman–Crippen MR) is 82.3 cm³/mol. The lowest BCUT2D eigenvalue weighted by Gasteiger charge is -2.21. The van der Waals surface area contributed by atoms with E-state index in [2.05, 4.69) is 0 Å². The highest BCUT2D eigenvalue weighted by molar-refractivity contribution is 6.27. The number of allylic oxidation sites excluding steroid dienone is 1. The van der Waals surface area contributed by atoms with E-state index in [9.17, 15) is 9.59 Å². The molecular formula is C15H21ClN2O3. The first-order chi connectivity index (χ1) is 10.0. The second kappa shape index (κ2) is 8.52. The Bertz CT molecular complexity index is 523. The molecule has 0 aliphatic carbocycles. The normalized spacial score (nSPS) is 10.9. The number of rotatable bonds is 7. The number of halogens is 1. The fourth-order valence-corrected chi connectivity index (χ4v) is 2.13. The van der Waals surface area contributed by atoms with Gasteiger partial charge in [-0.2, -0.15) is 0 Å². The summed E-state index contributed by atoms with van der Waals surface area (Å²) in [5.74, 6) is -0.563. The summed E-state index contributed by atoms with van der Waals surface area (Å²) in [5, 5.41) is 0. The number of esters is 1. The van der Waals surface area contributed by atoms with Crippen LogP contribution in [-0.4, -0.2) is 40.9 Å². The number of nitrogens with zero attached hydrogens (tertiary/aromatic N) is 2. The topological polar surface area (TPSA) is 51.5 Å². The van der Waals surface area contributed by atoms with Gasteiger partial charge in [0.15, 0.2) is 0 Å². The molecule has 21 heavy (non-hydrogen) atoms. The molecule has 1 heterocycles. The summed E-state index contributed by atoms with van der Waals surface area (Å²) in [4.78, 5) is 25.1. The predicted octanol–water partition coefficient (Wildman–Crippen LogP) is 2.35. The van der Waals surface area contributed by atoms with Gasteiger partial charge in [-0.05, 0) is 19.4 Å². The van der Waals surface area contributed by atoms with Gasteiger partial charge < -0.3 is 14.2 Å². The fourth-order valence-electron chi connectivity index (χ4n) is 1.97. The molecule has 1 amide bonds. The molecule has 0 saturated carbocycles. The summed E-state index contributed by atoms with van der Waals surface area (Å²) >= 11 is 5.65. The van der Waals surface area contributed by atoms with Crippen LogP contribution in [0.4, 0.5) is 0 Å². The minimum atomic E-state index is -0.388. The zero-order valence-corrected chi connectivity index (χ0v) is 13.4. The fraction of sp³-hybridized carbons (Fsp3) is 0.467. The molecule has 6 heteroatoms. The first-order valence-electron chi connectivity index (χ1n) is 6.72. The SMILES string of the molecule is C/C=C/CCN(Cc1cc(C(=O)OC)cn1C)C(=O)CCl. The van der Waals surface area contributed by atoms with Crippen LogP contribution in [0.1, 0.15) is 29.4 Å². The van der Waals surface area contributed by atoms with Gasteiger partial charge in [0.05, 0.1) is 19.2 Å². The number of hydrogen-bond acceptors (Lipinski definition) is 3. The first-order valence-corrected chi connectivity index (χ1v) is 7.25. The maximum atomic E-state index is 11.9. The van der Waals surface area contributed by atoms with Crippen molar-refractivity contribution in [3.8, 4) is 0 Å². The van der Waals surface area contributed by atoms with E-state index in [1.165, 1.54) is 7.11 Å². The van der Waals surface area contributed by atoms with Crippen LogP contribution in [0.5, 0.6) is 0 Å². The lowest BCUT2D eigenvalue weighted by atomic mass is 10.2. The van der Waals surface area contributed by atoms with E-state index in [1.54, 1.807) is 17.2 Å². The second-order valence-electron chi connectivity index (χ2n) is 4.63. The lowest BCUT2D eigenvalue weighted by molar-refractivity contribution is -0.129. The zero-order chi connectivity index (χ0) is 15.8. The minimum Gasteiger partial charge on any atom is -0.465 e. The summed E-state index contributed by atoms with van der Waals surface area (Å²) < 4.78 is 6.51. The Morgan fingerprint density at radius 2 is 2.19 bits per heavy atom. The van der Waals surface area contributed by atoms with E-state index in [1.807, 2.05) is 30.7 Å². The number of amides is 1. The number of methoxy groups -OCH3 is 1. The Balaban J connectivity index is 2.84. The highest BCUT2D eigenvalue weighted by Crippen LogP contribution is 2.12. The van der Waals surface area contributed by atoms with Crippen molar-refractivity contribution in [3.05, 3.63) is 35.7 Å². The Kier molecular flexibility index (Phi) is 7.02. The molecular weight excluding hydrogens is 292 g/mol. The third-order valence-corrected chi connectivity index (χ3v) is 3.38. The van der Waals surface area contributed by atoms with Crippen molar-refractivity contribution < 1.29 is 14.3 Å². The monoisotopic (exact) mass is 312 g/mol. The molecule has 0 saturated heterocycles. The van der Waals surface area contributed by atoms with Crippen LogP contribution < -0.4 is 0 Å². The maximum Gasteiger partial charge on any atom is 0.339 e. The van der Waals surface area contributed by atoms with Gasteiger partial charge >= 0.3 is 5.97 Å². The van der Waals surface area contributed by atoms with Crippen LogP contribution in [0.3, 0.4) is 0 Å². The van der Waals surface area contributed by atoms with Crippen molar-refractivity contribution in [3.63, 3.8) is 0 Å².